The highest BCUT2D eigenvalue weighted by Crippen LogP contribution is 2.15. The second-order valence-corrected chi connectivity index (χ2v) is 2.49. The van der Waals surface area contributed by atoms with E-state index in [1.807, 2.05) is 12.1 Å². The lowest BCUT2D eigenvalue weighted by Crippen LogP contribution is -2.00. The molecule has 2 N–H and O–H groups in total. The number of nitrogens with two attached hydrogens (primary N) is 1. The van der Waals surface area contributed by atoms with Gasteiger partial charge in [-0.3, -0.25) is 0 Å². The highest BCUT2D eigenvalue weighted by atomic mass is 79.9. The van der Waals surface area contributed by atoms with Crippen LogP contribution in [0.15, 0.2) is 28.7 Å². The van der Waals surface area contributed by atoms with Gasteiger partial charge in [0, 0.05) is 4.47 Å². The monoisotopic (exact) mass is 223 g/mol. The van der Waals surface area contributed by atoms with Crippen LogP contribution in [0.1, 0.15) is 0 Å². The van der Waals surface area contributed by atoms with Crippen molar-refractivity contribution < 1.29 is 4.84 Å². The summed E-state index contributed by atoms with van der Waals surface area (Å²) in [7, 11) is 0. The van der Waals surface area contributed by atoms with Crippen molar-refractivity contribution in [3.63, 3.8) is 0 Å². The quantitative estimate of drug-likeness (QED) is 0.742. The van der Waals surface area contributed by atoms with Crippen LogP contribution in [-0.4, -0.2) is 0 Å². The fraction of sp³-hybridized carbons (Fsp3) is 0. The van der Waals surface area contributed by atoms with E-state index in [-0.39, 0.29) is 12.4 Å². The van der Waals surface area contributed by atoms with E-state index in [1.165, 1.54) is 0 Å². The molecule has 0 saturated heterocycles. The summed E-state index contributed by atoms with van der Waals surface area (Å²) in [5.41, 5.74) is 0. The normalized spacial score (nSPS) is 8.20. The van der Waals surface area contributed by atoms with Crippen LogP contribution in [0, 0.1) is 0 Å². The first-order chi connectivity index (χ1) is 4.33. The van der Waals surface area contributed by atoms with Crippen LogP contribution in [-0.2, 0) is 0 Å². The number of hydrogen-bond donors (Lipinski definition) is 1. The molecule has 10 heavy (non-hydrogen) atoms. The van der Waals surface area contributed by atoms with Crippen LogP contribution in [0.3, 0.4) is 0 Å². The van der Waals surface area contributed by atoms with E-state index in [2.05, 4.69) is 20.8 Å². The van der Waals surface area contributed by atoms with Crippen molar-refractivity contribution in [3.8, 4) is 5.75 Å². The van der Waals surface area contributed by atoms with Crippen LogP contribution < -0.4 is 10.7 Å². The Morgan fingerprint density at radius 1 is 1.40 bits per heavy atom. The van der Waals surface area contributed by atoms with Gasteiger partial charge in [0.25, 0.3) is 0 Å². The standard InChI is InChI=1S/C6H6BrNO.ClH/c7-5-2-1-3-6(4-5)9-8;/h1-4H,8H2;1H. The highest BCUT2D eigenvalue weighted by molar-refractivity contribution is 9.10. The van der Waals surface area contributed by atoms with Gasteiger partial charge in [-0.1, -0.05) is 22.0 Å². The minimum Gasteiger partial charge on any atom is -0.411 e. The maximum atomic E-state index is 4.90. The van der Waals surface area contributed by atoms with Crippen molar-refractivity contribution in [2.75, 3.05) is 0 Å². The molecule has 0 aliphatic carbocycles. The topological polar surface area (TPSA) is 35.2 Å². The van der Waals surface area contributed by atoms with Gasteiger partial charge in [-0.05, 0) is 18.2 Å². The predicted octanol–water partition coefficient (Wildman–Crippen LogP) is 2.12. The molecule has 0 spiro atoms. The summed E-state index contributed by atoms with van der Waals surface area (Å²) in [5, 5.41) is 0. The molecule has 0 aromatic heterocycles. The van der Waals surface area contributed by atoms with E-state index in [0.717, 1.165) is 4.47 Å². The smallest absolute Gasteiger partial charge is 0.147 e. The van der Waals surface area contributed by atoms with E-state index in [0.29, 0.717) is 5.75 Å². The fourth-order valence-electron chi connectivity index (χ4n) is 0.540. The minimum absolute atomic E-state index is 0. The Kier molecular flexibility index (Phi) is 4.43. The van der Waals surface area contributed by atoms with Crippen molar-refractivity contribution in [1.29, 1.82) is 0 Å². The summed E-state index contributed by atoms with van der Waals surface area (Å²) in [4.78, 5) is 4.46. The van der Waals surface area contributed by atoms with Crippen molar-refractivity contribution in [2.24, 2.45) is 5.90 Å². The molecule has 0 atom stereocenters. The van der Waals surface area contributed by atoms with Gasteiger partial charge >= 0.3 is 0 Å². The molecule has 56 valence electrons. The van der Waals surface area contributed by atoms with Gasteiger partial charge in [0.15, 0.2) is 0 Å². The van der Waals surface area contributed by atoms with E-state index in [4.69, 9.17) is 5.90 Å². The number of halogens is 2. The highest BCUT2D eigenvalue weighted by Gasteiger charge is 1.89. The zero-order chi connectivity index (χ0) is 6.69. The summed E-state index contributed by atoms with van der Waals surface area (Å²) in [5.74, 6) is 5.55. The lowest BCUT2D eigenvalue weighted by molar-refractivity contribution is 0.334. The van der Waals surface area contributed by atoms with Gasteiger partial charge in [-0.25, -0.2) is 0 Å². The van der Waals surface area contributed by atoms with E-state index < -0.39 is 0 Å². The van der Waals surface area contributed by atoms with Crippen LogP contribution in [0.2, 0.25) is 0 Å². The summed E-state index contributed by atoms with van der Waals surface area (Å²) >= 11 is 3.27. The van der Waals surface area contributed by atoms with Crippen molar-refractivity contribution in [1.82, 2.24) is 0 Å². The summed E-state index contributed by atoms with van der Waals surface area (Å²) in [6.07, 6.45) is 0. The third-order valence-corrected chi connectivity index (χ3v) is 1.43. The van der Waals surface area contributed by atoms with Crippen LogP contribution in [0.5, 0.6) is 5.75 Å². The van der Waals surface area contributed by atoms with Crippen LogP contribution in [0.4, 0.5) is 0 Å². The van der Waals surface area contributed by atoms with Gasteiger partial charge in [-0.2, -0.15) is 5.90 Å². The van der Waals surface area contributed by atoms with Crippen molar-refractivity contribution >= 4 is 28.3 Å². The summed E-state index contributed by atoms with van der Waals surface area (Å²) in [6.45, 7) is 0. The molecular formula is C6H7BrClNO. The number of hydrogen-bond acceptors (Lipinski definition) is 2. The number of benzene rings is 1. The molecule has 0 unspecified atom stereocenters. The predicted molar refractivity (Wildman–Crippen MR) is 46.2 cm³/mol. The number of rotatable bonds is 1. The maximum Gasteiger partial charge on any atom is 0.147 e. The second kappa shape index (κ2) is 4.55. The first-order valence-electron chi connectivity index (χ1n) is 2.45. The van der Waals surface area contributed by atoms with E-state index in [9.17, 15) is 0 Å². The molecule has 0 radical (unpaired) electrons. The summed E-state index contributed by atoms with van der Waals surface area (Å²) in [6, 6.07) is 7.33. The molecule has 1 rings (SSSR count). The molecule has 0 bridgehead atoms. The SMILES string of the molecule is Cl.NOc1cccc(Br)c1. The third kappa shape index (κ3) is 2.56. The van der Waals surface area contributed by atoms with E-state index >= 15 is 0 Å². The Labute approximate surface area is 73.9 Å². The second-order valence-electron chi connectivity index (χ2n) is 1.58. The first kappa shape index (κ1) is 9.75. The molecule has 0 aliphatic heterocycles. The van der Waals surface area contributed by atoms with Crippen LogP contribution >= 0.6 is 28.3 Å². The Morgan fingerprint density at radius 2 is 2.10 bits per heavy atom. The maximum absolute atomic E-state index is 4.90. The lowest BCUT2D eigenvalue weighted by Gasteiger charge is -1.95. The zero-order valence-electron chi connectivity index (χ0n) is 5.08. The molecule has 0 saturated carbocycles. The zero-order valence-corrected chi connectivity index (χ0v) is 7.48. The molecule has 2 nitrogen and oxygen atoms in total. The largest absolute Gasteiger partial charge is 0.411 e. The Morgan fingerprint density at radius 3 is 2.50 bits per heavy atom. The van der Waals surface area contributed by atoms with Crippen LogP contribution in [0.25, 0.3) is 0 Å². The Hall–Kier alpha value is -0.250. The molecule has 1 aromatic rings. The van der Waals surface area contributed by atoms with Crippen molar-refractivity contribution in [2.45, 2.75) is 0 Å². The van der Waals surface area contributed by atoms with Gasteiger partial charge in [0.2, 0.25) is 0 Å². The fourth-order valence-corrected chi connectivity index (χ4v) is 0.919. The van der Waals surface area contributed by atoms with E-state index in [1.54, 1.807) is 12.1 Å². The Bertz CT molecular complexity index is 207. The molecule has 0 aliphatic rings. The summed E-state index contributed by atoms with van der Waals surface area (Å²) < 4.78 is 0.963. The lowest BCUT2D eigenvalue weighted by atomic mass is 10.3. The molecule has 0 fully saturated rings. The van der Waals surface area contributed by atoms with Gasteiger partial charge in [0.05, 0.1) is 0 Å². The first-order valence-corrected chi connectivity index (χ1v) is 3.24. The molecular weight excluding hydrogens is 217 g/mol. The van der Waals surface area contributed by atoms with Gasteiger partial charge in [0.1, 0.15) is 5.75 Å². The molecule has 0 heterocycles. The van der Waals surface area contributed by atoms with Gasteiger partial charge in [-0.15, -0.1) is 12.4 Å². The average Bonchev–Trinajstić information content (AvgIpc) is 1.88. The third-order valence-electron chi connectivity index (χ3n) is 0.932. The molecule has 0 amide bonds. The average molecular weight is 224 g/mol. The molecule has 4 heteroatoms. The molecule has 1 aromatic carbocycles. The Balaban J connectivity index is 0.000000810. The minimum atomic E-state index is 0. The van der Waals surface area contributed by atoms with Gasteiger partial charge < -0.3 is 4.84 Å². The van der Waals surface area contributed by atoms with Crippen molar-refractivity contribution in [3.05, 3.63) is 28.7 Å².